The summed E-state index contributed by atoms with van der Waals surface area (Å²) >= 11 is 14.2. The van der Waals surface area contributed by atoms with Crippen molar-refractivity contribution in [2.45, 2.75) is 39.5 Å². The Labute approximate surface area is 133 Å². The van der Waals surface area contributed by atoms with Crippen molar-refractivity contribution in [3.05, 3.63) is 43.9 Å². The highest BCUT2D eigenvalue weighted by Gasteiger charge is 2.24. The number of hydrogen-bond donors (Lipinski definition) is 1. The number of aromatic nitrogens is 1. The van der Waals surface area contributed by atoms with Gasteiger partial charge in [-0.1, -0.05) is 50.0 Å². The Bertz CT molecular complexity index is 642. The van der Waals surface area contributed by atoms with Crippen LogP contribution < -0.4 is 5.73 Å². The first-order valence-corrected chi connectivity index (χ1v) is 7.96. The SMILES string of the molecule is Cc1ccc(Cl)c(Cc2sc(N)nc2C(C)(C)C)c1Cl. The minimum Gasteiger partial charge on any atom is -0.375 e. The molecule has 0 atom stereocenters. The van der Waals surface area contributed by atoms with E-state index >= 15 is 0 Å². The summed E-state index contributed by atoms with van der Waals surface area (Å²) in [6.07, 6.45) is 0.667. The van der Waals surface area contributed by atoms with Gasteiger partial charge in [0, 0.05) is 26.8 Å². The number of nitrogens with zero attached hydrogens (tertiary/aromatic N) is 1. The van der Waals surface area contributed by atoms with Gasteiger partial charge >= 0.3 is 0 Å². The molecule has 0 bridgehead atoms. The third-order valence-corrected chi connectivity index (χ3v) is 4.91. The van der Waals surface area contributed by atoms with E-state index < -0.39 is 0 Å². The number of anilines is 1. The lowest BCUT2D eigenvalue weighted by Gasteiger charge is -2.18. The smallest absolute Gasteiger partial charge is 0.180 e. The summed E-state index contributed by atoms with van der Waals surface area (Å²) in [6, 6.07) is 3.82. The fourth-order valence-corrected chi connectivity index (χ4v) is 3.67. The van der Waals surface area contributed by atoms with Gasteiger partial charge in [-0.15, -0.1) is 11.3 Å². The highest BCUT2D eigenvalue weighted by atomic mass is 35.5. The Balaban J connectivity index is 2.49. The number of hydrogen-bond acceptors (Lipinski definition) is 3. The van der Waals surface area contributed by atoms with E-state index in [2.05, 4.69) is 25.8 Å². The molecule has 2 N–H and O–H groups in total. The summed E-state index contributed by atoms with van der Waals surface area (Å²) in [6.45, 7) is 8.37. The maximum atomic E-state index is 6.39. The molecule has 0 unspecified atom stereocenters. The maximum Gasteiger partial charge on any atom is 0.180 e. The van der Waals surface area contributed by atoms with Crippen LogP contribution in [0.3, 0.4) is 0 Å². The second kappa shape index (κ2) is 5.55. The van der Waals surface area contributed by atoms with Crippen molar-refractivity contribution < 1.29 is 0 Å². The highest BCUT2D eigenvalue weighted by Crippen LogP contribution is 2.36. The van der Waals surface area contributed by atoms with Gasteiger partial charge in [0.05, 0.1) is 5.69 Å². The minimum absolute atomic E-state index is 0.0494. The van der Waals surface area contributed by atoms with Crippen LogP contribution in [0, 0.1) is 6.92 Å². The van der Waals surface area contributed by atoms with Gasteiger partial charge in [-0.25, -0.2) is 4.98 Å². The van der Waals surface area contributed by atoms with Crippen LogP contribution in [-0.2, 0) is 11.8 Å². The summed E-state index contributed by atoms with van der Waals surface area (Å²) in [7, 11) is 0. The molecule has 0 aliphatic heterocycles. The van der Waals surface area contributed by atoms with Gasteiger partial charge in [0.25, 0.3) is 0 Å². The van der Waals surface area contributed by atoms with Crippen LogP contribution >= 0.6 is 34.5 Å². The molecule has 5 heteroatoms. The van der Waals surface area contributed by atoms with Crippen LogP contribution in [0.1, 0.15) is 42.5 Å². The topological polar surface area (TPSA) is 38.9 Å². The number of benzene rings is 1. The molecule has 1 aromatic heterocycles. The molecule has 1 aromatic carbocycles. The van der Waals surface area contributed by atoms with Gasteiger partial charge in [0.15, 0.2) is 5.13 Å². The largest absolute Gasteiger partial charge is 0.375 e. The summed E-state index contributed by atoms with van der Waals surface area (Å²) in [5, 5.41) is 2.00. The maximum absolute atomic E-state index is 6.39. The average molecular weight is 329 g/mol. The molecule has 2 nitrogen and oxygen atoms in total. The van der Waals surface area contributed by atoms with Crippen LogP contribution in [0.15, 0.2) is 12.1 Å². The molecular formula is C15H18Cl2N2S. The number of aryl methyl sites for hydroxylation is 1. The molecule has 108 valence electrons. The standard InChI is InChI=1S/C15H18Cl2N2S/c1-8-5-6-10(16)9(12(8)17)7-11-13(15(2,3)4)19-14(18)20-11/h5-6H,7H2,1-4H3,(H2,18,19). The van der Waals surface area contributed by atoms with Gasteiger partial charge < -0.3 is 5.73 Å². The number of nitrogens with two attached hydrogens (primary N) is 1. The molecule has 0 fully saturated rings. The Morgan fingerprint density at radius 2 is 1.90 bits per heavy atom. The molecule has 2 aromatic rings. The van der Waals surface area contributed by atoms with Gasteiger partial charge in [0.2, 0.25) is 0 Å². The Morgan fingerprint density at radius 1 is 1.25 bits per heavy atom. The van der Waals surface area contributed by atoms with Crippen molar-refractivity contribution in [2.24, 2.45) is 0 Å². The zero-order valence-corrected chi connectivity index (χ0v) is 14.4. The van der Waals surface area contributed by atoms with Gasteiger partial charge in [-0.2, -0.15) is 0 Å². The van der Waals surface area contributed by atoms with Crippen LogP contribution in [0.25, 0.3) is 0 Å². The first kappa shape index (κ1) is 15.6. The molecule has 0 saturated carbocycles. The molecule has 0 aliphatic rings. The Kier molecular flexibility index (Phi) is 4.33. The van der Waals surface area contributed by atoms with E-state index in [1.54, 1.807) is 0 Å². The third-order valence-electron chi connectivity index (χ3n) is 3.14. The number of halogens is 2. The second-order valence-corrected chi connectivity index (χ2v) is 7.81. The van der Waals surface area contributed by atoms with Crippen molar-refractivity contribution in [1.29, 1.82) is 0 Å². The number of thiazole rings is 1. The summed E-state index contributed by atoms with van der Waals surface area (Å²) < 4.78 is 0. The predicted octanol–water partition coefficient (Wildman–Crippen LogP) is 5.23. The molecule has 20 heavy (non-hydrogen) atoms. The van der Waals surface area contributed by atoms with E-state index in [0.29, 0.717) is 16.6 Å². The van der Waals surface area contributed by atoms with E-state index in [4.69, 9.17) is 28.9 Å². The van der Waals surface area contributed by atoms with Crippen molar-refractivity contribution in [3.8, 4) is 0 Å². The van der Waals surface area contributed by atoms with E-state index in [1.165, 1.54) is 11.3 Å². The zero-order valence-electron chi connectivity index (χ0n) is 12.1. The lowest BCUT2D eigenvalue weighted by Crippen LogP contribution is -2.14. The lowest BCUT2D eigenvalue weighted by molar-refractivity contribution is 0.568. The molecule has 1 heterocycles. The number of nitrogen functional groups attached to an aromatic ring is 1. The first-order valence-electron chi connectivity index (χ1n) is 6.39. The molecule has 0 radical (unpaired) electrons. The van der Waals surface area contributed by atoms with E-state index in [1.807, 2.05) is 19.1 Å². The lowest BCUT2D eigenvalue weighted by atomic mass is 9.90. The zero-order chi connectivity index (χ0) is 15.1. The predicted molar refractivity (Wildman–Crippen MR) is 89.2 cm³/mol. The van der Waals surface area contributed by atoms with E-state index in [9.17, 15) is 0 Å². The fourth-order valence-electron chi connectivity index (χ4n) is 2.11. The molecule has 2 rings (SSSR count). The quantitative estimate of drug-likeness (QED) is 0.819. The monoisotopic (exact) mass is 328 g/mol. The van der Waals surface area contributed by atoms with E-state index in [0.717, 1.165) is 26.7 Å². The average Bonchev–Trinajstić information content (AvgIpc) is 2.71. The minimum atomic E-state index is -0.0494. The normalized spacial score (nSPS) is 11.9. The van der Waals surface area contributed by atoms with Gasteiger partial charge in [-0.05, 0) is 24.1 Å². The Morgan fingerprint density at radius 3 is 2.50 bits per heavy atom. The van der Waals surface area contributed by atoms with Crippen molar-refractivity contribution in [3.63, 3.8) is 0 Å². The van der Waals surface area contributed by atoms with Crippen molar-refractivity contribution >= 4 is 39.7 Å². The summed E-state index contributed by atoms with van der Waals surface area (Å²) in [4.78, 5) is 5.60. The van der Waals surface area contributed by atoms with Crippen LogP contribution in [0.2, 0.25) is 10.0 Å². The molecule has 0 aliphatic carbocycles. The van der Waals surface area contributed by atoms with Gasteiger partial charge in [-0.3, -0.25) is 0 Å². The molecular weight excluding hydrogens is 311 g/mol. The Hall–Kier alpha value is -0.770. The fraction of sp³-hybridized carbons (Fsp3) is 0.400. The van der Waals surface area contributed by atoms with Gasteiger partial charge in [0.1, 0.15) is 0 Å². The number of rotatable bonds is 2. The molecule has 0 spiro atoms. The summed E-state index contributed by atoms with van der Waals surface area (Å²) in [5.74, 6) is 0. The second-order valence-electron chi connectivity index (χ2n) is 5.91. The highest BCUT2D eigenvalue weighted by molar-refractivity contribution is 7.15. The van der Waals surface area contributed by atoms with Crippen LogP contribution in [0.4, 0.5) is 5.13 Å². The van der Waals surface area contributed by atoms with Crippen LogP contribution in [0.5, 0.6) is 0 Å². The van der Waals surface area contributed by atoms with E-state index in [-0.39, 0.29) is 5.41 Å². The van der Waals surface area contributed by atoms with Crippen molar-refractivity contribution in [2.75, 3.05) is 5.73 Å². The van der Waals surface area contributed by atoms with Crippen LogP contribution in [-0.4, -0.2) is 4.98 Å². The molecule has 0 saturated heterocycles. The third kappa shape index (κ3) is 3.11. The summed E-state index contributed by atoms with van der Waals surface area (Å²) in [5.41, 5.74) is 8.83. The molecule has 0 amide bonds. The van der Waals surface area contributed by atoms with Crippen molar-refractivity contribution in [1.82, 2.24) is 4.98 Å². The first-order chi connectivity index (χ1) is 9.20.